The van der Waals surface area contributed by atoms with E-state index in [1.54, 1.807) is 7.05 Å². The fraction of sp³-hybridized carbons (Fsp3) is 0.600. The maximum atomic E-state index is 11.3. The van der Waals surface area contributed by atoms with Gasteiger partial charge < -0.3 is 11.1 Å². The van der Waals surface area contributed by atoms with Crippen LogP contribution in [-0.4, -0.2) is 38.5 Å². The van der Waals surface area contributed by atoms with Gasteiger partial charge in [-0.1, -0.05) is 11.8 Å². The number of hydrogen-bond donors (Lipinski definition) is 3. The van der Waals surface area contributed by atoms with Gasteiger partial charge in [0.15, 0.2) is 5.16 Å². The first-order chi connectivity index (χ1) is 8.97. The Labute approximate surface area is 112 Å². The first-order valence-corrected chi connectivity index (χ1v) is 6.81. The minimum absolute atomic E-state index is 0.341. The first kappa shape index (κ1) is 13.8. The number of carbonyl (C=O) groups excluding carboxylic acids is 1. The molecule has 1 atom stereocenters. The Kier molecular flexibility index (Phi) is 4.05. The Hall–Kier alpha value is -1.61. The molecule has 1 unspecified atom stereocenters. The third-order valence-electron chi connectivity index (χ3n) is 2.68. The van der Waals surface area contributed by atoms with Crippen LogP contribution in [0.15, 0.2) is 14.7 Å². The van der Waals surface area contributed by atoms with Crippen LogP contribution in [0.3, 0.4) is 0 Å². The van der Waals surface area contributed by atoms with Crippen molar-refractivity contribution < 1.29 is 4.79 Å². The molecule has 1 saturated carbocycles. The average molecular weight is 285 g/mol. The summed E-state index contributed by atoms with van der Waals surface area (Å²) in [6.45, 7) is 0. The van der Waals surface area contributed by atoms with Crippen molar-refractivity contribution in [2.75, 3.05) is 5.75 Å². The van der Waals surface area contributed by atoms with Crippen molar-refractivity contribution in [2.45, 2.75) is 30.1 Å². The lowest BCUT2D eigenvalue weighted by Crippen LogP contribution is -2.44. The van der Waals surface area contributed by atoms with Gasteiger partial charge in [0.25, 0.3) is 0 Å². The number of rotatable bonds is 6. The van der Waals surface area contributed by atoms with Gasteiger partial charge in [0.1, 0.15) is 0 Å². The molecular formula is C10H15N5O3S. The number of nitrogens with two attached hydrogens (primary N) is 1. The quantitative estimate of drug-likeness (QED) is 0.417. The molecule has 0 saturated heterocycles. The van der Waals surface area contributed by atoms with E-state index in [1.807, 2.05) is 0 Å². The number of nitrogens with zero attached hydrogens (tertiary/aromatic N) is 2. The number of aryl methyl sites for hydroxylation is 1. The van der Waals surface area contributed by atoms with Crippen LogP contribution in [0.4, 0.5) is 0 Å². The summed E-state index contributed by atoms with van der Waals surface area (Å²) in [6, 6.07) is -0.119. The fourth-order valence-electron chi connectivity index (χ4n) is 1.49. The van der Waals surface area contributed by atoms with Crippen molar-refractivity contribution in [1.29, 1.82) is 0 Å². The van der Waals surface area contributed by atoms with E-state index in [0.717, 1.165) is 12.8 Å². The molecule has 19 heavy (non-hydrogen) atoms. The molecular weight excluding hydrogens is 270 g/mol. The van der Waals surface area contributed by atoms with Gasteiger partial charge in [-0.25, -0.2) is 0 Å². The lowest BCUT2D eigenvalue weighted by molar-refractivity contribution is -0.119. The number of aromatic nitrogens is 3. The van der Waals surface area contributed by atoms with Gasteiger partial charge in [-0.2, -0.15) is 4.98 Å². The molecule has 1 heterocycles. The zero-order chi connectivity index (χ0) is 14.0. The van der Waals surface area contributed by atoms with Crippen LogP contribution < -0.4 is 22.2 Å². The highest BCUT2D eigenvalue weighted by Crippen LogP contribution is 2.21. The molecule has 0 aliphatic heterocycles. The molecule has 8 nitrogen and oxygen atoms in total. The Bertz CT molecular complexity index is 592. The van der Waals surface area contributed by atoms with Crippen LogP contribution in [-0.2, 0) is 11.8 Å². The van der Waals surface area contributed by atoms with E-state index in [2.05, 4.69) is 15.4 Å². The monoisotopic (exact) mass is 285 g/mol. The minimum atomic E-state index is -0.841. The molecule has 1 aliphatic rings. The largest absolute Gasteiger partial charge is 0.368 e. The molecule has 1 amide bonds. The van der Waals surface area contributed by atoms with Crippen LogP contribution in [0, 0.1) is 0 Å². The predicted octanol–water partition coefficient (Wildman–Crippen LogP) is -1.83. The Balaban J connectivity index is 2.03. The van der Waals surface area contributed by atoms with Crippen molar-refractivity contribution in [3.8, 4) is 0 Å². The third-order valence-corrected chi connectivity index (χ3v) is 3.81. The van der Waals surface area contributed by atoms with E-state index in [4.69, 9.17) is 5.73 Å². The number of primary amides is 1. The number of nitrogens with one attached hydrogen (secondary N) is 2. The van der Waals surface area contributed by atoms with Crippen LogP contribution in [0.5, 0.6) is 0 Å². The number of hydrogen-bond acceptors (Lipinski definition) is 6. The van der Waals surface area contributed by atoms with Crippen molar-refractivity contribution in [3.63, 3.8) is 0 Å². The predicted molar refractivity (Wildman–Crippen MR) is 70.0 cm³/mol. The number of carbonyl (C=O) groups is 1. The molecule has 0 aromatic carbocycles. The maximum Gasteiger partial charge on any atom is 0.339 e. The summed E-state index contributed by atoms with van der Waals surface area (Å²) in [6.07, 6.45) is 2.09. The Morgan fingerprint density at radius 1 is 1.63 bits per heavy atom. The van der Waals surface area contributed by atoms with Crippen molar-refractivity contribution in [2.24, 2.45) is 12.8 Å². The highest BCUT2D eigenvalue weighted by molar-refractivity contribution is 7.99. The van der Waals surface area contributed by atoms with Crippen LogP contribution in [0.25, 0.3) is 0 Å². The average Bonchev–Trinajstić information content (AvgIpc) is 3.14. The van der Waals surface area contributed by atoms with Gasteiger partial charge in [-0.3, -0.25) is 24.2 Å². The second-order valence-electron chi connectivity index (χ2n) is 4.41. The summed E-state index contributed by atoms with van der Waals surface area (Å²) in [4.78, 5) is 37.1. The zero-order valence-corrected chi connectivity index (χ0v) is 11.2. The van der Waals surface area contributed by atoms with Gasteiger partial charge in [0, 0.05) is 18.8 Å². The molecule has 0 spiro atoms. The molecule has 9 heteroatoms. The molecule has 1 aliphatic carbocycles. The van der Waals surface area contributed by atoms with E-state index in [-0.39, 0.29) is 0 Å². The lowest BCUT2D eigenvalue weighted by Gasteiger charge is -2.14. The molecule has 0 bridgehead atoms. The van der Waals surface area contributed by atoms with Crippen molar-refractivity contribution in [1.82, 2.24) is 20.1 Å². The molecule has 4 N–H and O–H groups in total. The highest BCUT2D eigenvalue weighted by atomic mass is 32.2. The standard InChI is InChI=1S/C10H15N5O3S/c1-15-10(13-8(17)9(18)14-15)19-4-6(7(11)16)12-5-2-3-5/h5-6,12H,2-4H2,1H3,(H2,11,16)(H,14,18). The second-order valence-corrected chi connectivity index (χ2v) is 5.39. The smallest absolute Gasteiger partial charge is 0.339 e. The summed E-state index contributed by atoms with van der Waals surface area (Å²) < 4.78 is 1.35. The van der Waals surface area contributed by atoms with E-state index in [1.165, 1.54) is 16.4 Å². The van der Waals surface area contributed by atoms with Crippen LogP contribution >= 0.6 is 11.8 Å². The SMILES string of the molecule is Cn1[nH]c(=O)c(=O)nc1SCC(NC1CC1)C(N)=O. The van der Waals surface area contributed by atoms with Gasteiger partial charge in [-0.15, -0.1) is 0 Å². The molecule has 0 radical (unpaired) electrons. The number of H-pyrrole nitrogens is 1. The van der Waals surface area contributed by atoms with E-state index in [0.29, 0.717) is 17.0 Å². The summed E-state index contributed by atoms with van der Waals surface area (Å²) in [7, 11) is 1.57. The molecule has 1 aromatic heterocycles. The third kappa shape index (κ3) is 3.67. The summed E-state index contributed by atoms with van der Waals surface area (Å²) in [5, 5.41) is 5.81. The maximum absolute atomic E-state index is 11.3. The summed E-state index contributed by atoms with van der Waals surface area (Å²) >= 11 is 1.19. The Morgan fingerprint density at radius 2 is 2.32 bits per heavy atom. The summed E-state index contributed by atoms with van der Waals surface area (Å²) in [5.41, 5.74) is 3.70. The van der Waals surface area contributed by atoms with Gasteiger partial charge >= 0.3 is 11.1 Å². The number of amides is 1. The van der Waals surface area contributed by atoms with Crippen LogP contribution in [0.1, 0.15) is 12.8 Å². The normalized spacial score (nSPS) is 16.3. The molecule has 104 valence electrons. The molecule has 2 rings (SSSR count). The number of aromatic amines is 1. The second kappa shape index (κ2) is 5.57. The van der Waals surface area contributed by atoms with Gasteiger partial charge in [0.2, 0.25) is 5.91 Å². The van der Waals surface area contributed by atoms with Gasteiger partial charge in [0.05, 0.1) is 6.04 Å². The lowest BCUT2D eigenvalue weighted by atomic mass is 10.3. The first-order valence-electron chi connectivity index (χ1n) is 5.83. The van der Waals surface area contributed by atoms with E-state index in [9.17, 15) is 14.4 Å². The topological polar surface area (TPSA) is 123 Å². The van der Waals surface area contributed by atoms with E-state index >= 15 is 0 Å². The minimum Gasteiger partial charge on any atom is -0.368 e. The molecule has 1 fully saturated rings. The Morgan fingerprint density at radius 3 is 2.89 bits per heavy atom. The summed E-state index contributed by atoms with van der Waals surface area (Å²) in [5.74, 6) is -0.0770. The zero-order valence-electron chi connectivity index (χ0n) is 10.4. The highest BCUT2D eigenvalue weighted by Gasteiger charge is 2.27. The van der Waals surface area contributed by atoms with Gasteiger partial charge in [-0.05, 0) is 12.8 Å². The van der Waals surface area contributed by atoms with Crippen molar-refractivity contribution in [3.05, 3.63) is 20.7 Å². The van der Waals surface area contributed by atoms with Crippen molar-refractivity contribution >= 4 is 17.7 Å². The van der Waals surface area contributed by atoms with E-state index < -0.39 is 23.1 Å². The van der Waals surface area contributed by atoms with Crippen LogP contribution in [0.2, 0.25) is 0 Å². The molecule has 1 aromatic rings. The fourth-order valence-corrected chi connectivity index (χ4v) is 2.46. The number of thioether (sulfide) groups is 1.